The van der Waals surface area contributed by atoms with Crippen molar-refractivity contribution in [3.8, 4) is 0 Å². The summed E-state index contributed by atoms with van der Waals surface area (Å²) in [6, 6.07) is 0. The predicted octanol–water partition coefficient (Wildman–Crippen LogP) is 1.77. The van der Waals surface area contributed by atoms with E-state index in [4.69, 9.17) is 4.74 Å². The summed E-state index contributed by atoms with van der Waals surface area (Å²) in [7, 11) is 4.35. The van der Waals surface area contributed by atoms with E-state index < -0.39 is 0 Å². The first-order valence-electron chi connectivity index (χ1n) is 8.30. The van der Waals surface area contributed by atoms with Crippen molar-refractivity contribution < 1.29 is 9.84 Å². The molecule has 0 aliphatic heterocycles. The lowest BCUT2D eigenvalue weighted by Gasteiger charge is -2.37. The number of nitrogens with one attached hydrogen (secondary N) is 1. The fourth-order valence-corrected chi connectivity index (χ4v) is 3.65. The number of nitrogens with zero attached hydrogens (tertiary/aromatic N) is 1. The molecule has 2 fully saturated rings. The van der Waals surface area contributed by atoms with Crippen molar-refractivity contribution in [2.45, 2.75) is 69.1 Å². The molecule has 1 unspecified atom stereocenters. The lowest BCUT2D eigenvalue weighted by atomic mass is 9.96. The van der Waals surface area contributed by atoms with Gasteiger partial charge < -0.3 is 20.1 Å². The maximum atomic E-state index is 10.0. The van der Waals surface area contributed by atoms with Gasteiger partial charge in [-0.2, -0.15) is 0 Å². The fraction of sp³-hybridized carbons (Fsp3) is 1.00. The number of aliphatic hydroxyl groups excluding tert-OH is 1. The highest BCUT2D eigenvalue weighted by Crippen LogP contribution is 2.33. The molecule has 0 saturated heterocycles. The zero-order valence-electron chi connectivity index (χ0n) is 13.2. The summed E-state index contributed by atoms with van der Waals surface area (Å²) in [5.74, 6) is 0. The van der Waals surface area contributed by atoms with Crippen molar-refractivity contribution in [1.82, 2.24) is 10.2 Å². The van der Waals surface area contributed by atoms with Gasteiger partial charge in [0.05, 0.1) is 18.8 Å². The average molecular weight is 284 g/mol. The molecule has 0 bridgehead atoms. The van der Waals surface area contributed by atoms with Gasteiger partial charge in [-0.1, -0.05) is 25.7 Å². The molecular weight excluding hydrogens is 252 g/mol. The van der Waals surface area contributed by atoms with Crippen LogP contribution in [0.3, 0.4) is 0 Å². The molecule has 0 aromatic carbocycles. The van der Waals surface area contributed by atoms with Crippen LogP contribution in [-0.4, -0.2) is 61.5 Å². The van der Waals surface area contributed by atoms with Gasteiger partial charge >= 0.3 is 0 Å². The molecule has 0 amide bonds. The van der Waals surface area contributed by atoms with E-state index in [0.29, 0.717) is 24.8 Å². The van der Waals surface area contributed by atoms with Crippen molar-refractivity contribution in [2.24, 2.45) is 0 Å². The Kier molecular flexibility index (Phi) is 6.27. The normalized spacial score (nSPS) is 24.6. The molecule has 118 valence electrons. The van der Waals surface area contributed by atoms with Gasteiger partial charge in [0.25, 0.3) is 0 Å². The molecule has 4 heteroatoms. The maximum absolute atomic E-state index is 10.0. The zero-order chi connectivity index (χ0) is 14.4. The second-order valence-corrected chi connectivity index (χ2v) is 6.85. The summed E-state index contributed by atoms with van der Waals surface area (Å²) < 4.78 is 5.76. The van der Waals surface area contributed by atoms with E-state index in [1.807, 2.05) is 0 Å². The second kappa shape index (κ2) is 7.74. The molecule has 1 atom stereocenters. The van der Waals surface area contributed by atoms with Gasteiger partial charge in [-0.05, 0) is 39.8 Å². The van der Waals surface area contributed by atoms with Crippen LogP contribution in [0.4, 0.5) is 0 Å². The fourth-order valence-electron chi connectivity index (χ4n) is 3.65. The molecule has 0 spiro atoms. The van der Waals surface area contributed by atoms with Crippen LogP contribution in [0.15, 0.2) is 0 Å². The van der Waals surface area contributed by atoms with E-state index in [1.165, 1.54) is 51.4 Å². The van der Waals surface area contributed by atoms with E-state index in [2.05, 4.69) is 24.3 Å². The SMILES string of the molecule is CN(C)C1(CNCC(O)COC2CCCC2)CCCC1. The van der Waals surface area contributed by atoms with Crippen LogP contribution in [-0.2, 0) is 4.74 Å². The van der Waals surface area contributed by atoms with Crippen molar-refractivity contribution in [3.63, 3.8) is 0 Å². The number of aliphatic hydroxyl groups is 1. The lowest BCUT2D eigenvalue weighted by Crippen LogP contribution is -2.51. The summed E-state index contributed by atoms with van der Waals surface area (Å²) in [6.45, 7) is 2.09. The topological polar surface area (TPSA) is 44.7 Å². The minimum Gasteiger partial charge on any atom is -0.389 e. The van der Waals surface area contributed by atoms with Crippen LogP contribution in [0, 0.1) is 0 Å². The summed E-state index contributed by atoms with van der Waals surface area (Å²) >= 11 is 0. The second-order valence-electron chi connectivity index (χ2n) is 6.85. The minimum absolute atomic E-state index is 0.298. The Hall–Kier alpha value is -0.160. The van der Waals surface area contributed by atoms with Crippen molar-refractivity contribution in [1.29, 1.82) is 0 Å². The van der Waals surface area contributed by atoms with E-state index in [0.717, 1.165) is 6.54 Å². The predicted molar refractivity (Wildman–Crippen MR) is 82.0 cm³/mol. The molecule has 2 saturated carbocycles. The highest BCUT2D eigenvalue weighted by atomic mass is 16.5. The van der Waals surface area contributed by atoms with Crippen molar-refractivity contribution in [3.05, 3.63) is 0 Å². The maximum Gasteiger partial charge on any atom is 0.0897 e. The van der Waals surface area contributed by atoms with Crippen LogP contribution < -0.4 is 5.32 Å². The third-order valence-electron chi connectivity index (χ3n) is 5.14. The van der Waals surface area contributed by atoms with Crippen LogP contribution >= 0.6 is 0 Å². The van der Waals surface area contributed by atoms with Crippen LogP contribution in [0.2, 0.25) is 0 Å². The summed E-state index contributed by atoms with van der Waals surface area (Å²) in [6.07, 6.45) is 10.1. The monoisotopic (exact) mass is 284 g/mol. The number of hydrogen-bond donors (Lipinski definition) is 2. The standard InChI is InChI=1S/C16H32N2O2/c1-18(2)16(9-5-6-10-16)13-17-11-14(19)12-20-15-7-3-4-8-15/h14-15,17,19H,3-13H2,1-2H3. The Morgan fingerprint density at radius 2 is 1.85 bits per heavy atom. The van der Waals surface area contributed by atoms with Gasteiger partial charge in [-0.3, -0.25) is 0 Å². The molecule has 2 rings (SSSR count). The Morgan fingerprint density at radius 1 is 1.20 bits per heavy atom. The zero-order valence-corrected chi connectivity index (χ0v) is 13.2. The highest BCUT2D eigenvalue weighted by molar-refractivity contribution is 4.94. The highest BCUT2D eigenvalue weighted by Gasteiger charge is 2.35. The largest absolute Gasteiger partial charge is 0.389 e. The third kappa shape index (κ3) is 4.42. The van der Waals surface area contributed by atoms with Crippen molar-refractivity contribution >= 4 is 0 Å². The summed E-state index contributed by atoms with van der Waals surface area (Å²) in [5.41, 5.74) is 0.298. The molecule has 2 aliphatic rings. The molecule has 0 heterocycles. The Bertz CT molecular complexity index is 272. The smallest absolute Gasteiger partial charge is 0.0897 e. The van der Waals surface area contributed by atoms with E-state index >= 15 is 0 Å². The third-order valence-corrected chi connectivity index (χ3v) is 5.14. The van der Waals surface area contributed by atoms with Crippen LogP contribution in [0.25, 0.3) is 0 Å². The minimum atomic E-state index is -0.379. The first-order chi connectivity index (χ1) is 9.62. The van der Waals surface area contributed by atoms with E-state index in [1.54, 1.807) is 0 Å². The average Bonchev–Trinajstić information content (AvgIpc) is 3.08. The molecule has 2 N–H and O–H groups in total. The molecule has 0 radical (unpaired) electrons. The number of rotatable bonds is 8. The van der Waals surface area contributed by atoms with E-state index in [9.17, 15) is 5.11 Å². The van der Waals surface area contributed by atoms with Gasteiger partial charge in [-0.15, -0.1) is 0 Å². The molecule has 2 aliphatic carbocycles. The molecular formula is C16H32N2O2. The number of hydrogen-bond acceptors (Lipinski definition) is 4. The summed E-state index contributed by atoms with van der Waals surface area (Å²) in [5, 5.41) is 13.5. The first-order valence-corrected chi connectivity index (χ1v) is 8.30. The number of ether oxygens (including phenoxy) is 1. The lowest BCUT2D eigenvalue weighted by molar-refractivity contribution is -0.00654. The Labute approximate surface area is 123 Å². The quantitative estimate of drug-likeness (QED) is 0.713. The van der Waals surface area contributed by atoms with Gasteiger partial charge in [0.15, 0.2) is 0 Å². The molecule has 20 heavy (non-hydrogen) atoms. The van der Waals surface area contributed by atoms with Gasteiger partial charge in [-0.25, -0.2) is 0 Å². The first kappa shape index (κ1) is 16.2. The van der Waals surface area contributed by atoms with Gasteiger partial charge in [0.2, 0.25) is 0 Å². The van der Waals surface area contributed by atoms with Crippen LogP contribution in [0.5, 0.6) is 0 Å². The van der Waals surface area contributed by atoms with Gasteiger partial charge in [0.1, 0.15) is 0 Å². The molecule has 0 aromatic heterocycles. The molecule has 0 aromatic rings. The van der Waals surface area contributed by atoms with E-state index in [-0.39, 0.29) is 6.10 Å². The van der Waals surface area contributed by atoms with Gasteiger partial charge in [0, 0.05) is 18.6 Å². The van der Waals surface area contributed by atoms with Crippen LogP contribution in [0.1, 0.15) is 51.4 Å². The molecule has 4 nitrogen and oxygen atoms in total. The Morgan fingerprint density at radius 3 is 2.45 bits per heavy atom. The Balaban J connectivity index is 1.61. The van der Waals surface area contributed by atoms with Crippen molar-refractivity contribution in [2.75, 3.05) is 33.8 Å². The summed E-state index contributed by atoms with van der Waals surface area (Å²) in [4.78, 5) is 2.36. The number of likely N-dealkylation sites (N-methyl/N-ethyl adjacent to an activating group) is 1.